The molecule has 1 aliphatic carbocycles. The summed E-state index contributed by atoms with van der Waals surface area (Å²) in [5.74, 6) is 1.99. The Labute approximate surface area is 160 Å². The summed E-state index contributed by atoms with van der Waals surface area (Å²) < 4.78 is 5.38. The minimum atomic E-state index is 0.0456. The molecule has 2 aliphatic heterocycles. The summed E-state index contributed by atoms with van der Waals surface area (Å²) in [5.41, 5.74) is 1.87. The quantitative estimate of drug-likeness (QED) is 0.829. The average Bonchev–Trinajstić information content (AvgIpc) is 3.45. The maximum Gasteiger partial charge on any atom is 0.276 e. The van der Waals surface area contributed by atoms with Crippen molar-refractivity contribution in [3.05, 3.63) is 53.4 Å². The Hall–Kier alpha value is -2.14. The smallest absolute Gasteiger partial charge is 0.276 e. The Morgan fingerprint density at radius 2 is 1.96 bits per heavy atom. The van der Waals surface area contributed by atoms with Crippen LogP contribution in [0.5, 0.6) is 0 Å². The van der Waals surface area contributed by atoms with Crippen molar-refractivity contribution in [3.63, 3.8) is 0 Å². The lowest BCUT2D eigenvalue weighted by molar-refractivity contribution is 0.0170. The van der Waals surface area contributed by atoms with E-state index < -0.39 is 0 Å². The summed E-state index contributed by atoms with van der Waals surface area (Å²) in [5, 5.41) is 4.05. The van der Waals surface area contributed by atoms with E-state index in [-0.39, 0.29) is 5.91 Å². The van der Waals surface area contributed by atoms with Gasteiger partial charge in [-0.15, -0.1) is 0 Å². The summed E-state index contributed by atoms with van der Waals surface area (Å²) in [6.07, 6.45) is 5.80. The van der Waals surface area contributed by atoms with Crippen molar-refractivity contribution in [1.82, 2.24) is 15.0 Å². The molecule has 5 rings (SSSR count). The van der Waals surface area contributed by atoms with Gasteiger partial charge in [0.1, 0.15) is 5.76 Å². The summed E-state index contributed by atoms with van der Waals surface area (Å²) >= 11 is 0. The molecule has 0 bridgehead atoms. The molecule has 1 saturated carbocycles. The van der Waals surface area contributed by atoms with Crippen LogP contribution in [0.1, 0.15) is 59.8 Å². The number of carbonyl (C=O) groups is 1. The largest absolute Gasteiger partial charge is 0.360 e. The monoisotopic (exact) mass is 365 g/mol. The molecule has 5 nitrogen and oxygen atoms in total. The summed E-state index contributed by atoms with van der Waals surface area (Å²) in [6, 6.07) is 13.2. The number of carbonyl (C=O) groups excluding carboxylic acids is 1. The van der Waals surface area contributed by atoms with Gasteiger partial charge in [0.2, 0.25) is 0 Å². The number of benzene rings is 1. The van der Waals surface area contributed by atoms with E-state index in [1.165, 1.54) is 18.4 Å². The SMILES string of the molecule is O=C(c1cc(C2CC2)on1)N1CC[C@@H]2[C@@H](CCCN2Cc2ccccc2)C1. The zero-order chi connectivity index (χ0) is 18.2. The van der Waals surface area contributed by atoms with E-state index in [2.05, 4.69) is 40.4 Å². The van der Waals surface area contributed by atoms with E-state index in [1.54, 1.807) is 0 Å². The Morgan fingerprint density at radius 3 is 2.78 bits per heavy atom. The predicted octanol–water partition coefficient (Wildman–Crippen LogP) is 3.68. The average molecular weight is 365 g/mol. The van der Waals surface area contributed by atoms with Gasteiger partial charge in [0, 0.05) is 37.7 Å². The third-order valence-corrected chi connectivity index (χ3v) is 6.43. The summed E-state index contributed by atoms with van der Waals surface area (Å²) in [7, 11) is 0. The standard InChI is InChI=1S/C22H27N3O2/c26-22(19-13-21(27-23-19)17-8-9-17)25-12-10-20-18(15-25)7-4-11-24(20)14-16-5-2-1-3-6-16/h1-3,5-6,13,17-18,20H,4,7-12,14-15H2/t18-,20+/m0/s1. The van der Waals surface area contributed by atoms with Gasteiger partial charge in [-0.25, -0.2) is 0 Å². The molecular formula is C22H27N3O2. The van der Waals surface area contributed by atoms with Crippen molar-refractivity contribution in [1.29, 1.82) is 0 Å². The van der Waals surface area contributed by atoms with E-state index in [0.29, 0.717) is 23.6 Å². The minimum Gasteiger partial charge on any atom is -0.360 e. The number of likely N-dealkylation sites (tertiary alicyclic amines) is 2. The highest BCUT2D eigenvalue weighted by Gasteiger charge is 2.38. The number of fused-ring (bicyclic) bond motifs is 1. The van der Waals surface area contributed by atoms with E-state index >= 15 is 0 Å². The van der Waals surface area contributed by atoms with Gasteiger partial charge in [-0.2, -0.15) is 0 Å². The summed E-state index contributed by atoms with van der Waals surface area (Å²) in [6.45, 7) is 3.85. The molecule has 1 aromatic carbocycles. The molecule has 2 atom stereocenters. The van der Waals surface area contributed by atoms with Gasteiger partial charge in [0.05, 0.1) is 0 Å². The molecule has 0 spiro atoms. The van der Waals surface area contributed by atoms with Gasteiger partial charge in [-0.1, -0.05) is 35.5 Å². The maximum absolute atomic E-state index is 12.9. The summed E-state index contributed by atoms with van der Waals surface area (Å²) in [4.78, 5) is 17.5. The van der Waals surface area contributed by atoms with Gasteiger partial charge in [-0.05, 0) is 50.1 Å². The van der Waals surface area contributed by atoms with Gasteiger partial charge in [0.15, 0.2) is 5.69 Å². The Kier molecular flexibility index (Phi) is 4.48. The van der Waals surface area contributed by atoms with Crippen molar-refractivity contribution in [2.24, 2.45) is 5.92 Å². The first-order valence-electron chi connectivity index (χ1n) is 10.3. The molecule has 27 heavy (non-hydrogen) atoms. The Bertz CT molecular complexity index is 799. The minimum absolute atomic E-state index is 0.0456. The Balaban J connectivity index is 1.24. The van der Waals surface area contributed by atoms with Crippen LogP contribution in [0.4, 0.5) is 0 Å². The molecule has 1 amide bonds. The second-order valence-corrected chi connectivity index (χ2v) is 8.35. The van der Waals surface area contributed by atoms with E-state index in [1.807, 2.05) is 11.0 Å². The number of hydrogen-bond acceptors (Lipinski definition) is 4. The molecule has 1 aromatic heterocycles. The molecule has 2 saturated heterocycles. The zero-order valence-electron chi connectivity index (χ0n) is 15.7. The van der Waals surface area contributed by atoms with Gasteiger partial charge < -0.3 is 9.42 Å². The van der Waals surface area contributed by atoms with Crippen LogP contribution in [-0.4, -0.2) is 46.5 Å². The number of aromatic nitrogens is 1. The van der Waals surface area contributed by atoms with Crippen LogP contribution in [0.25, 0.3) is 0 Å². The number of hydrogen-bond donors (Lipinski definition) is 0. The topological polar surface area (TPSA) is 49.6 Å². The van der Waals surface area contributed by atoms with Crippen LogP contribution in [-0.2, 0) is 6.54 Å². The fourth-order valence-corrected chi connectivity index (χ4v) is 4.82. The first kappa shape index (κ1) is 17.0. The second kappa shape index (κ2) is 7.12. The van der Waals surface area contributed by atoms with Crippen molar-refractivity contribution >= 4 is 5.91 Å². The van der Waals surface area contributed by atoms with Gasteiger partial charge in [0.25, 0.3) is 5.91 Å². The molecule has 0 N–H and O–H groups in total. The molecule has 3 heterocycles. The lowest BCUT2D eigenvalue weighted by atomic mass is 9.83. The first-order chi connectivity index (χ1) is 13.3. The first-order valence-corrected chi connectivity index (χ1v) is 10.3. The van der Waals surface area contributed by atoms with Crippen molar-refractivity contribution in [3.8, 4) is 0 Å². The van der Waals surface area contributed by atoms with Crippen LogP contribution < -0.4 is 0 Å². The normalized spacial score (nSPS) is 26.0. The number of piperidine rings is 2. The van der Waals surface area contributed by atoms with Crippen LogP contribution in [0.3, 0.4) is 0 Å². The van der Waals surface area contributed by atoms with E-state index in [0.717, 1.165) is 51.2 Å². The molecule has 5 heteroatoms. The fraction of sp³-hybridized carbons (Fsp3) is 0.545. The fourth-order valence-electron chi connectivity index (χ4n) is 4.82. The molecule has 0 radical (unpaired) electrons. The second-order valence-electron chi connectivity index (χ2n) is 8.35. The highest BCUT2D eigenvalue weighted by molar-refractivity contribution is 5.92. The molecule has 2 aromatic rings. The molecule has 3 aliphatic rings. The van der Waals surface area contributed by atoms with Crippen LogP contribution in [0.2, 0.25) is 0 Å². The lowest BCUT2D eigenvalue weighted by Crippen LogP contribution is -2.54. The van der Waals surface area contributed by atoms with Crippen LogP contribution in [0, 0.1) is 5.92 Å². The highest BCUT2D eigenvalue weighted by Crippen LogP contribution is 2.40. The molecular weight excluding hydrogens is 338 g/mol. The highest BCUT2D eigenvalue weighted by atomic mass is 16.5. The number of rotatable bonds is 4. The van der Waals surface area contributed by atoms with Crippen molar-refractivity contribution in [2.45, 2.75) is 50.6 Å². The Morgan fingerprint density at radius 1 is 1.11 bits per heavy atom. The van der Waals surface area contributed by atoms with Gasteiger partial charge in [-0.3, -0.25) is 9.69 Å². The van der Waals surface area contributed by atoms with Crippen LogP contribution >= 0.6 is 0 Å². The van der Waals surface area contributed by atoms with Crippen LogP contribution in [0.15, 0.2) is 40.9 Å². The number of nitrogens with zero attached hydrogens (tertiary/aromatic N) is 3. The van der Waals surface area contributed by atoms with E-state index in [9.17, 15) is 4.79 Å². The number of amides is 1. The van der Waals surface area contributed by atoms with Gasteiger partial charge >= 0.3 is 0 Å². The molecule has 142 valence electrons. The third-order valence-electron chi connectivity index (χ3n) is 6.43. The zero-order valence-corrected chi connectivity index (χ0v) is 15.7. The maximum atomic E-state index is 12.9. The molecule has 3 fully saturated rings. The van der Waals surface area contributed by atoms with Crippen molar-refractivity contribution in [2.75, 3.05) is 19.6 Å². The molecule has 0 unspecified atom stereocenters. The van der Waals surface area contributed by atoms with E-state index in [4.69, 9.17) is 4.52 Å². The third kappa shape index (κ3) is 3.53. The lowest BCUT2D eigenvalue weighted by Gasteiger charge is -2.47. The van der Waals surface area contributed by atoms with Crippen molar-refractivity contribution < 1.29 is 9.32 Å². The predicted molar refractivity (Wildman–Crippen MR) is 102 cm³/mol.